The molecular formula is C17H18N2O4S. The SMILES string of the molecule is COC(=O)c1ccccc1NC(=S)Nc1cc(OC)ccc1OC. The van der Waals surface area contributed by atoms with Crippen LogP contribution in [0.2, 0.25) is 0 Å². The van der Waals surface area contributed by atoms with Gasteiger partial charge in [0, 0.05) is 6.07 Å². The van der Waals surface area contributed by atoms with Gasteiger partial charge in [-0.3, -0.25) is 0 Å². The van der Waals surface area contributed by atoms with E-state index in [2.05, 4.69) is 10.6 Å². The van der Waals surface area contributed by atoms with Gasteiger partial charge in [0.15, 0.2) is 5.11 Å². The van der Waals surface area contributed by atoms with E-state index in [9.17, 15) is 4.79 Å². The molecule has 0 amide bonds. The lowest BCUT2D eigenvalue weighted by Gasteiger charge is -2.15. The normalized spacial score (nSPS) is 9.79. The summed E-state index contributed by atoms with van der Waals surface area (Å²) in [6.07, 6.45) is 0. The second kappa shape index (κ2) is 8.16. The number of carbonyl (C=O) groups excluding carboxylic acids is 1. The number of thiocarbonyl (C=S) groups is 1. The molecule has 0 spiro atoms. The van der Waals surface area contributed by atoms with Gasteiger partial charge >= 0.3 is 5.97 Å². The number of para-hydroxylation sites is 1. The Kier molecular flexibility index (Phi) is 5.97. The van der Waals surface area contributed by atoms with Gasteiger partial charge in [-0.1, -0.05) is 12.1 Å². The van der Waals surface area contributed by atoms with Crippen molar-refractivity contribution in [2.45, 2.75) is 0 Å². The Hall–Kier alpha value is -2.80. The minimum absolute atomic E-state index is 0.304. The summed E-state index contributed by atoms with van der Waals surface area (Å²) in [4.78, 5) is 11.8. The zero-order valence-corrected chi connectivity index (χ0v) is 14.4. The standard InChI is InChI=1S/C17H18N2O4S/c1-21-11-8-9-15(22-2)14(10-11)19-17(24)18-13-7-5-4-6-12(13)16(20)23-3/h4-10H,1-3H3,(H2,18,19,24). The quantitative estimate of drug-likeness (QED) is 0.636. The van der Waals surface area contributed by atoms with Crippen LogP contribution in [0.25, 0.3) is 0 Å². The Morgan fingerprint density at radius 3 is 2.33 bits per heavy atom. The van der Waals surface area contributed by atoms with Crippen molar-refractivity contribution in [3.8, 4) is 11.5 Å². The van der Waals surface area contributed by atoms with Crippen LogP contribution in [0.1, 0.15) is 10.4 Å². The molecule has 0 saturated carbocycles. The maximum Gasteiger partial charge on any atom is 0.339 e. The number of methoxy groups -OCH3 is 3. The van der Waals surface area contributed by atoms with E-state index in [1.165, 1.54) is 7.11 Å². The maximum absolute atomic E-state index is 11.8. The summed E-state index contributed by atoms with van der Waals surface area (Å²) in [5.41, 5.74) is 1.58. The molecule has 0 saturated heterocycles. The van der Waals surface area contributed by atoms with Gasteiger partial charge < -0.3 is 24.8 Å². The highest BCUT2D eigenvalue weighted by Crippen LogP contribution is 2.29. The number of nitrogens with one attached hydrogen (secondary N) is 2. The number of carbonyl (C=O) groups is 1. The van der Waals surface area contributed by atoms with Crippen molar-refractivity contribution in [3.05, 3.63) is 48.0 Å². The zero-order chi connectivity index (χ0) is 17.5. The largest absolute Gasteiger partial charge is 0.497 e. The summed E-state index contributed by atoms with van der Waals surface area (Å²) >= 11 is 5.32. The predicted octanol–water partition coefficient (Wildman–Crippen LogP) is 3.30. The van der Waals surface area contributed by atoms with E-state index in [1.807, 2.05) is 0 Å². The van der Waals surface area contributed by atoms with Crippen molar-refractivity contribution in [2.24, 2.45) is 0 Å². The van der Waals surface area contributed by atoms with Crippen LogP contribution in [0.3, 0.4) is 0 Å². The molecule has 0 aliphatic rings. The number of hydrogen-bond acceptors (Lipinski definition) is 5. The van der Waals surface area contributed by atoms with E-state index in [0.29, 0.717) is 33.5 Å². The average Bonchev–Trinajstić information content (AvgIpc) is 2.61. The Balaban J connectivity index is 2.19. The Bertz CT molecular complexity index is 749. The van der Waals surface area contributed by atoms with E-state index in [-0.39, 0.29) is 0 Å². The van der Waals surface area contributed by atoms with Crippen LogP contribution < -0.4 is 20.1 Å². The molecule has 0 fully saturated rings. The van der Waals surface area contributed by atoms with Gasteiger partial charge in [-0.25, -0.2) is 4.79 Å². The van der Waals surface area contributed by atoms with Crippen molar-refractivity contribution in [3.63, 3.8) is 0 Å². The molecule has 0 aliphatic heterocycles. The lowest BCUT2D eigenvalue weighted by molar-refractivity contribution is 0.0602. The molecule has 0 aromatic heterocycles. The Morgan fingerprint density at radius 2 is 1.67 bits per heavy atom. The zero-order valence-electron chi connectivity index (χ0n) is 13.6. The first-order chi connectivity index (χ1) is 11.6. The van der Waals surface area contributed by atoms with Crippen molar-refractivity contribution in [2.75, 3.05) is 32.0 Å². The maximum atomic E-state index is 11.8. The molecule has 0 unspecified atom stereocenters. The summed E-state index contributed by atoms with van der Waals surface area (Å²) in [7, 11) is 4.47. The monoisotopic (exact) mass is 346 g/mol. The average molecular weight is 346 g/mol. The fourth-order valence-electron chi connectivity index (χ4n) is 2.07. The molecule has 0 atom stereocenters. The van der Waals surface area contributed by atoms with E-state index in [4.69, 9.17) is 26.4 Å². The van der Waals surface area contributed by atoms with E-state index in [0.717, 1.165) is 0 Å². The lowest BCUT2D eigenvalue weighted by atomic mass is 10.2. The van der Waals surface area contributed by atoms with Crippen molar-refractivity contribution >= 4 is 34.7 Å². The number of anilines is 2. The van der Waals surface area contributed by atoms with Gasteiger partial charge in [-0.05, 0) is 36.5 Å². The van der Waals surface area contributed by atoms with E-state index in [1.54, 1.807) is 56.7 Å². The number of hydrogen-bond donors (Lipinski definition) is 2. The third kappa shape index (κ3) is 4.14. The second-order valence-corrected chi connectivity index (χ2v) is 5.09. The van der Waals surface area contributed by atoms with Gasteiger partial charge in [0.1, 0.15) is 11.5 Å². The van der Waals surface area contributed by atoms with Gasteiger partial charge in [-0.15, -0.1) is 0 Å². The fourth-order valence-corrected chi connectivity index (χ4v) is 2.29. The fraction of sp³-hybridized carbons (Fsp3) is 0.176. The minimum atomic E-state index is -0.445. The summed E-state index contributed by atoms with van der Waals surface area (Å²) < 4.78 is 15.3. The van der Waals surface area contributed by atoms with E-state index >= 15 is 0 Å². The van der Waals surface area contributed by atoms with Crippen LogP contribution in [0, 0.1) is 0 Å². The minimum Gasteiger partial charge on any atom is -0.497 e. The topological polar surface area (TPSA) is 68.8 Å². The molecule has 0 bridgehead atoms. The van der Waals surface area contributed by atoms with Crippen molar-refractivity contribution < 1.29 is 19.0 Å². The predicted molar refractivity (Wildman–Crippen MR) is 97.2 cm³/mol. The van der Waals surface area contributed by atoms with Crippen LogP contribution in [-0.4, -0.2) is 32.4 Å². The Labute approximate surface area is 145 Å². The van der Waals surface area contributed by atoms with Crippen LogP contribution in [0.4, 0.5) is 11.4 Å². The van der Waals surface area contributed by atoms with Crippen LogP contribution >= 0.6 is 12.2 Å². The summed E-state index contributed by atoms with van der Waals surface area (Å²) in [6.45, 7) is 0. The van der Waals surface area contributed by atoms with Gasteiger partial charge in [0.05, 0.1) is 38.3 Å². The molecule has 126 valence electrons. The third-order valence-electron chi connectivity index (χ3n) is 3.24. The first kappa shape index (κ1) is 17.6. The molecule has 2 aromatic carbocycles. The third-order valence-corrected chi connectivity index (χ3v) is 3.44. The highest BCUT2D eigenvalue weighted by molar-refractivity contribution is 7.80. The van der Waals surface area contributed by atoms with Crippen LogP contribution in [0.5, 0.6) is 11.5 Å². The van der Waals surface area contributed by atoms with E-state index < -0.39 is 5.97 Å². The molecule has 7 heteroatoms. The lowest BCUT2D eigenvalue weighted by Crippen LogP contribution is -2.21. The van der Waals surface area contributed by atoms with Crippen molar-refractivity contribution in [1.29, 1.82) is 0 Å². The number of rotatable bonds is 5. The van der Waals surface area contributed by atoms with Crippen LogP contribution in [0.15, 0.2) is 42.5 Å². The van der Waals surface area contributed by atoms with Crippen molar-refractivity contribution in [1.82, 2.24) is 0 Å². The molecule has 24 heavy (non-hydrogen) atoms. The first-order valence-corrected chi connectivity index (χ1v) is 7.47. The van der Waals surface area contributed by atoms with Crippen LogP contribution in [-0.2, 0) is 4.74 Å². The Morgan fingerprint density at radius 1 is 0.958 bits per heavy atom. The molecule has 2 rings (SSSR count). The highest BCUT2D eigenvalue weighted by Gasteiger charge is 2.13. The molecule has 2 aromatic rings. The summed E-state index contributed by atoms with van der Waals surface area (Å²) in [6, 6.07) is 12.3. The molecular weight excluding hydrogens is 328 g/mol. The number of ether oxygens (including phenoxy) is 3. The smallest absolute Gasteiger partial charge is 0.339 e. The highest BCUT2D eigenvalue weighted by atomic mass is 32.1. The molecule has 6 nitrogen and oxygen atoms in total. The summed E-state index contributed by atoms with van der Waals surface area (Å²) in [5.74, 6) is 0.831. The molecule has 2 N–H and O–H groups in total. The number of esters is 1. The number of benzene rings is 2. The van der Waals surface area contributed by atoms with Gasteiger partial charge in [0.25, 0.3) is 0 Å². The van der Waals surface area contributed by atoms with Gasteiger partial charge in [-0.2, -0.15) is 0 Å². The van der Waals surface area contributed by atoms with Gasteiger partial charge in [0.2, 0.25) is 0 Å². The molecule has 0 aliphatic carbocycles. The first-order valence-electron chi connectivity index (χ1n) is 7.06. The second-order valence-electron chi connectivity index (χ2n) is 4.68. The molecule has 0 heterocycles. The summed E-state index contributed by atoms with van der Waals surface area (Å²) in [5, 5.41) is 6.32. The molecule has 0 radical (unpaired) electrons.